The molecule has 0 unspecified atom stereocenters. The van der Waals surface area contributed by atoms with Crippen LogP contribution in [0.25, 0.3) is 106 Å². The van der Waals surface area contributed by atoms with Crippen molar-refractivity contribution >= 4 is 49.1 Å². The van der Waals surface area contributed by atoms with Gasteiger partial charge in [0.05, 0.1) is 16.6 Å². The lowest BCUT2D eigenvalue weighted by atomic mass is 9.95. The zero-order valence-electron chi connectivity index (χ0n) is 30.7. The Kier molecular flexibility index (Phi) is 6.84. The van der Waals surface area contributed by atoms with E-state index in [1.54, 1.807) is 18.2 Å². The monoisotopic (exact) mass is 749 g/mol. The Balaban J connectivity index is 0.991. The number of hydrogen-bond donors (Lipinski definition) is 0. The second-order valence-corrected chi connectivity index (χ2v) is 14.8. The molecule has 0 saturated heterocycles. The van der Waals surface area contributed by atoms with E-state index in [0.29, 0.717) is 39.7 Å². The first-order chi connectivity index (χ1) is 28.5. The number of pyridine rings is 1. The molecule has 11 aromatic rings. The Morgan fingerprint density at radius 3 is 1.67 bits per heavy atom. The third-order valence-electron chi connectivity index (χ3n) is 11.5. The molecule has 58 heavy (non-hydrogen) atoms. The highest BCUT2D eigenvalue weighted by molar-refractivity contribution is 6.23. The van der Waals surface area contributed by atoms with E-state index < -0.39 is 5.92 Å². The Morgan fingerprint density at radius 2 is 0.948 bits per heavy atom. The fourth-order valence-corrected chi connectivity index (χ4v) is 8.78. The second-order valence-electron chi connectivity index (χ2n) is 14.8. The van der Waals surface area contributed by atoms with Crippen LogP contribution in [0.15, 0.2) is 176 Å². The van der Waals surface area contributed by atoms with Gasteiger partial charge in [-0.15, -0.1) is 0 Å². The molecule has 0 atom stereocenters. The number of halogens is 2. The predicted octanol–water partition coefficient (Wildman–Crippen LogP) is 12.9. The molecule has 1 aliphatic carbocycles. The van der Waals surface area contributed by atoms with Gasteiger partial charge in [0, 0.05) is 38.6 Å². The molecule has 0 bridgehead atoms. The summed E-state index contributed by atoms with van der Waals surface area (Å²) in [6.07, 6.45) is 0. The summed E-state index contributed by atoms with van der Waals surface area (Å²) in [7, 11) is 0. The number of rotatable bonds is 4. The highest BCUT2D eigenvalue weighted by Crippen LogP contribution is 2.53. The Morgan fingerprint density at radius 1 is 0.397 bits per heavy atom. The number of hydrogen-bond acceptors (Lipinski definition) is 4. The number of aromatic nitrogens is 5. The van der Waals surface area contributed by atoms with Crippen molar-refractivity contribution in [3.05, 3.63) is 187 Å². The fourth-order valence-electron chi connectivity index (χ4n) is 8.78. The van der Waals surface area contributed by atoms with E-state index in [9.17, 15) is 0 Å². The van der Waals surface area contributed by atoms with Crippen LogP contribution >= 0.6 is 0 Å². The quantitative estimate of drug-likeness (QED) is 0.168. The average molecular weight is 750 g/mol. The maximum absolute atomic E-state index is 16.8. The first-order valence-corrected chi connectivity index (χ1v) is 19.2. The molecule has 0 radical (unpaired) electrons. The van der Waals surface area contributed by atoms with Crippen LogP contribution in [0.2, 0.25) is 0 Å². The van der Waals surface area contributed by atoms with Crippen LogP contribution < -0.4 is 0 Å². The molecule has 12 rings (SSSR count). The van der Waals surface area contributed by atoms with Crippen LogP contribution in [0, 0.1) is 0 Å². The van der Waals surface area contributed by atoms with Crippen LogP contribution in [0.3, 0.4) is 0 Å². The minimum atomic E-state index is -3.25. The van der Waals surface area contributed by atoms with Gasteiger partial charge in [-0.05, 0) is 68.7 Å². The Labute approximate surface area is 330 Å². The van der Waals surface area contributed by atoms with Crippen LogP contribution in [0.5, 0.6) is 0 Å². The van der Waals surface area contributed by atoms with Gasteiger partial charge in [-0.3, -0.25) is 4.40 Å². The lowest BCUT2D eigenvalue weighted by Gasteiger charge is -2.15. The lowest BCUT2D eigenvalue weighted by Crippen LogP contribution is -2.11. The van der Waals surface area contributed by atoms with Crippen molar-refractivity contribution in [2.45, 2.75) is 5.92 Å². The van der Waals surface area contributed by atoms with E-state index in [4.69, 9.17) is 19.9 Å². The molecule has 7 heteroatoms. The third kappa shape index (κ3) is 4.80. The van der Waals surface area contributed by atoms with Gasteiger partial charge in [0.15, 0.2) is 17.5 Å². The van der Waals surface area contributed by atoms with Gasteiger partial charge >= 0.3 is 0 Å². The number of imidazole rings is 1. The number of para-hydroxylation sites is 2. The summed E-state index contributed by atoms with van der Waals surface area (Å²) in [4.78, 5) is 19.5. The zero-order chi connectivity index (χ0) is 38.5. The van der Waals surface area contributed by atoms with E-state index in [1.165, 1.54) is 0 Å². The molecule has 3 heterocycles. The molecule has 0 spiro atoms. The third-order valence-corrected chi connectivity index (χ3v) is 11.5. The molecule has 0 N–H and O–H groups in total. The van der Waals surface area contributed by atoms with E-state index in [0.717, 1.165) is 65.8 Å². The molecule has 0 fully saturated rings. The molecule has 0 aliphatic heterocycles. The van der Waals surface area contributed by atoms with Crippen LogP contribution in [-0.4, -0.2) is 24.3 Å². The number of nitrogens with zero attached hydrogens (tertiary/aromatic N) is 5. The van der Waals surface area contributed by atoms with Gasteiger partial charge in [0.2, 0.25) is 0 Å². The molecule has 0 amide bonds. The zero-order valence-corrected chi connectivity index (χ0v) is 30.7. The smallest absolute Gasteiger partial charge is 0.292 e. The van der Waals surface area contributed by atoms with Crippen LogP contribution in [0.1, 0.15) is 11.1 Å². The summed E-state index contributed by atoms with van der Waals surface area (Å²) in [6, 6.07) is 56.9. The molecule has 5 nitrogen and oxygen atoms in total. The maximum Gasteiger partial charge on any atom is 0.299 e. The van der Waals surface area contributed by atoms with Gasteiger partial charge in [0.1, 0.15) is 5.65 Å². The van der Waals surface area contributed by atoms with Gasteiger partial charge in [-0.25, -0.2) is 19.9 Å². The standard InChI is InChI=1S/C51H29F2N5/c52-51(53)41-27-33(34-21-25-39-40-26-19-30-11-7-8-16-36(30)46(40)50-54-43-17-9-10-18-44(43)58(50)45(39)29-34)20-23-37(41)38-24-22-35(28-42(38)51)49-56-47(31-12-3-1-4-13-31)55-48(57-49)32-14-5-2-6-15-32/h1-29H. The second kappa shape index (κ2) is 12.2. The fraction of sp³-hybridized carbons (Fsp3) is 0.0196. The largest absolute Gasteiger partial charge is 0.299 e. The molecule has 8 aromatic carbocycles. The SMILES string of the molecule is FC1(F)c2cc(-c3ccc4c5ccc6ccccc6c5c5nc6ccccc6n5c4c3)ccc2-c2ccc(-c3nc(-c4ccccc4)nc(-c4ccccc4)n3)cc21. The van der Waals surface area contributed by atoms with Gasteiger partial charge in [-0.1, -0.05) is 146 Å². The minimum absolute atomic E-state index is 0.0222. The lowest BCUT2D eigenvalue weighted by molar-refractivity contribution is 0.0481. The van der Waals surface area contributed by atoms with Crippen molar-refractivity contribution < 1.29 is 8.78 Å². The first kappa shape index (κ1) is 32.6. The molecule has 3 aromatic heterocycles. The highest BCUT2D eigenvalue weighted by atomic mass is 19.3. The molecule has 1 aliphatic rings. The van der Waals surface area contributed by atoms with Crippen molar-refractivity contribution in [2.75, 3.05) is 0 Å². The van der Waals surface area contributed by atoms with Gasteiger partial charge in [-0.2, -0.15) is 8.78 Å². The summed E-state index contributed by atoms with van der Waals surface area (Å²) in [5, 5.41) is 5.54. The summed E-state index contributed by atoms with van der Waals surface area (Å²) in [5.41, 5.74) is 8.32. The topological polar surface area (TPSA) is 56.0 Å². The Hall–Kier alpha value is -7.64. The van der Waals surface area contributed by atoms with Gasteiger partial charge < -0.3 is 0 Å². The van der Waals surface area contributed by atoms with Crippen molar-refractivity contribution in [3.63, 3.8) is 0 Å². The van der Waals surface area contributed by atoms with Crippen molar-refractivity contribution in [3.8, 4) is 56.4 Å². The first-order valence-electron chi connectivity index (χ1n) is 19.2. The van der Waals surface area contributed by atoms with E-state index in [1.807, 2.05) is 103 Å². The maximum atomic E-state index is 16.8. The highest BCUT2D eigenvalue weighted by Gasteiger charge is 2.45. The van der Waals surface area contributed by atoms with Gasteiger partial charge in [0.25, 0.3) is 5.92 Å². The van der Waals surface area contributed by atoms with Crippen molar-refractivity contribution in [1.29, 1.82) is 0 Å². The average Bonchev–Trinajstić information content (AvgIpc) is 3.78. The molecule has 0 saturated carbocycles. The number of fused-ring (bicyclic) bond motifs is 13. The van der Waals surface area contributed by atoms with Crippen LogP contribution in [0.4, 0.5) is 8.78 Å². The normalized spacial score (nSPS) is 13.1. The summed E-state index contributed by atoms with van der Waals surface area (Å²) in [6.45, 7) is 0. The van der Waals surface area contributed by atoms with E-state index in [2.05, 4.69) is 59.0 Å². The summed E-state index contributed by atoms with van der Waals surface area (Å²) in [5.74, 6) is -1.97. The predicted molar refractivity (Wildman–Crippen MR) is 229 cm³/mol. The number of alkyl halides is 2. The van der Waals surface area contributed by atoms with E-state index >= 15 is 8.78 Å². The van der Waals surface area contributed by atoms with E-state index in [-0.39, 0.29) is 11.1 Å². The summed E-state index contributed by atoms with van der Waals surface area (Å²) < 4.78 is 35.9. The van der Waals surface area contributed by atoms with Crippen molar-refractivity contribution in [2.24, 2.45) is 0 Å². The summed E-state index contributed by atoms with van der Waals surface area (Å²) >= 11 is 0. The minimum Gasteiger partial charge on any atom is -0.292 e. The van der Waals surface area contributed by atoms with Crippen molar-refractivity contribution in [1.82, 2.24) is 24.3 Å². The van der Waals surface area contributed by atoms with Crippen LogP contribution in [-0.2, 0) is 5.92 Å². The molecular weight excluding hydrogens is 721 g/mol. The number of benzene rings is 8. The Bertz CT molecular complexity index is 3430. The molecular formula is C51H29F2N5. The molecule has 272 valence electrons.